The number of anilines is 2. The molecule has 0 aliphatic carbocycles. The molecule has 39 heavy (non-hydrogen) atoms. The largest absolute Gasteiger partial charge is 0.506 e. The normalized spacial score (nSPS) is 11.9. The third-order valence-electron chi connectivity index (χ3n) is 6.12. The van der Waals surface area contributed by atoms with Crippen molar-refractivity contribution in [1.29, 1.82) is 0 Å². The van der Waals surface area contributed by atoms with E-state index in [0.29, 0.717) is 17.1 Å². The predicted molar refractivity (Wildman–Crippen MR) is 152 cm³/mol. The van der Waals surface area contributed by atoms with Gasteiger partial charge in [0.05, 0.1) is 23.4 Å². The zero-order valence-corrected chi connectivity index (χ0v) is 22.9. The van der Waals surface area contributed by atoms with Crippen LogP contribution < -0.4 is 20.1 Å². The molecule has 0 saturated heterocycles. The molecule has 0 aromatic heterocycles. The number of carbonyl (C=O) groups is 1. The molecule has 1 amide bonds. The summed E-state index contributed by atoms with van der Waals surface area (Å²) in [5, 5.41) is 15.4. The first kappa shape index (κ1) is 27.5. The monoisotopic (exact) mass is 546 g/mol. The highest BCUT2D eigenvalue weighted by atomic mass is 32.2. The van der Waals surface area contributed by atoms with E-state index in [-0.39, 0.29) is 27.8 Å². The van der Waals surface area contributed by atoms with E-state index in [2.05, 4.69) is 10.6 Å². The Morgan fingerprint density at radius 1 is 0.821 bits per heavy atom. The number of carbonyl (C=O) groups excluding carboxylic acids is 1. The van der Waals surface area contributed by atoms with Gasteiger partial charge in [-0.2, -0.15) is 0 Å². The fourth-order valence-electron chi connectivity index (χ4n) is 3.76. The third-order valence-corrected chi connectivity index (χ3v) is 8.10. The molecule has 4 aromatic rings. The number of aryl methyl sites for hydroxylation is 2. The van der Waals surface area contributed by atoms with Crippen molar-refractivity contribution in [3.8, 4) is 23.0 Å². The quantitative estimate of drug-likeness (QED) is 0.211. The van der Waals surface area contributed by atoms with E-state index >= 15 is 0 Å². The van der Waals surface area contributed by atoms with Crippen LogP contribution in [0.4, 0.5) is 11.4 Å². The summed E-state index contributed by atoms with van der Waals surface area (Å²) in [5.41, 5.74) is 2.69. The second-order valence-electron chi connectivity index (χ2n) is 9.11. The van der Waals surface area contributed by atoms with Crippen LogP contribution in [0.3, 0.4) is 0 Å². The minimum atomic E-state index is -3.77. The summed E-state index contributed by atoms with van der Waals surface area (Å²) >= 11 is 0. The molecule has 0 fully saturated rings. The summed E-state index contributed by atoms with van der Waals surface area (Å²) in [4.78, 5) is 13.0. The van der Waals surface area contributed by atoms with Gasteiger partial charge in [0.1, 0.15) is 22.6 Å². The Labute approximate surface area is 228 Å². The zero-order chi connectivity index (χ0) is 28.2. The smallest absolute Gasteiger partial charge is 0.255 e. The van der Waals surface area contributed by atoms with Crippen LogP contribution in [0.15, 0.2) is 89.8 Å². The van der Waals surface area contributed by atoms with Gasteiger partial charge in [0, 0.05) is 17.7 Å². The predicted octanol–water partition coefficient (Wildman–Crippen LogP) is 6.29. The van der Waals surface area contributed by atoms with Gasteiger partial charge in [-0.3, -0.25) is 4.79 Å². The number of rotatable bonds is 9. The first-order valence-corrected chi connectivity index (χ1v) is 13.8. The number of phenolic OH excluding ortho intramolecular Hbond substituents is 1. The van der Waals surface area contributed by atoms with Crippen LogP contribution in [0, 0.1) is 13.8 Å². The maximum absolute atomic E-state index is 13.2. The Kier molecular flexibility index (Phi) is 8.11. The molecule has 3 N–H and O–H groups in total. The van der Waals surface area contributed by atoms with Gasteiger partial charge in [0.2, 0.25) is 0 Å². The number of hydrogen-bond donors (Lipinski definition) is 3. The molecular formula is C30H30N2O6S. The van der Waals surface area contributed by atoms with Crippen molar-refractivity contribution in [1.82, 2.24) is 0 Å². The molecule has 0 heterocycles. The minimum Gasteiger partial charge on any atom is -0.506 e. The lowest BCUT2D eigenvalue weighted by molar-refractivity contribution is 0.102. The van der Waals surface area contributed by atoms with Crippen LogP contribution in [0.1, 0.15) is 28.4 Å². The van der Waals surface area contributed by atoms with Gasteiger partial charge in [-0.15, -0.1) is 0 Å². The fraction of sp³-hybridized carbons (Fsp3) is 0.167. The summed E-state index contributed by atoms with van der Waals surface area (Å²) in [6, 6.07) is 23.1. The summed E-state index contributed by atoms with van der Waals surface area (Å²) < 4.78 is 37.7. The number of aromatic hydroxyl groups is 1. The Morgan fingerprint density at radius 2 is 1.38 bits per heavy atom. The molecule has 0 aliphatic rings. The number of ether oxygens (including phenoxy) is 2. The summed E-state index contributed by atoms with van der Waals surface area (Å²) in [6.45, 7) is 5.31. The molecule has 1 unspecified atom stereocenters. The number of methoxy groups -OCH3 is 1. The summed E-state index contributed by atoms with van der Waals surface area (Å²) in [7, 11) is -2.22. The van der Waals surface area contributed by atoms with Crippen LogP contribution in [0.25, 0.3) is 0 Å². The average molecular weight is 547 g/mol. The van der Waals surface area contributed by atoms with E-state index in [1.807, 2.05) is 26.0 Å². The second-order valence-corrected chi connectivity index (χ2v) is 11.4. The van der Waals surface area contributed by atoms with Gasteiger partial charge in [0.25, 0.3) is 5.91 Å². The fourth-order valence-corrected chi connectivity index (χ4v) is 4.97. The molecule has 4 aromatic carbocycles. The molecule has 0 aliphatic heterocycles. The lowest BCUT2D eigenvalue weighted by Gasteiger charge is -2.20. The average Bonchev–Trinajstić information content (AvgIpc) is 2.92. The Morgan fingerprint density at radius 3 is 1.97 bits per heavy atom. The second kappa shape index (κ2) is 11.5. The van der Waals surface area contributed by atoms with Crippen LogP contribution in [0.2, 0.25) is 0 Å². The molecule has 0 spiro atoms. The van der Waals surface area contributed by atoms with Gasteiger partial charge < -0.3 is 25.2 Å². The number of sulfone groups is 1. The van der Waals surface area contributed by atoms with Crippen molar-refractivity contribution in [3.63, 3.8) is 0 Å². The van der Waals surface area contributed by atoms with Crippen molar-refractivity contribution in [2.45, 2.75) is 31.0 Å². The van der Waals surface area contributed by atoms with Gasteiger partial charge in [-0.1, -0.05) is 35.4 Å². The number of benzene rings is 4. The number of hydrogen-bond acceptors (Lipinski definition) is 7. The molecule has 0 saturated carbocycles. The van der Waals surface area contributed by atoms with Crippen LogP contribution >= 0.6 is 0 Å². The maximum atomic E-state index is 13.2. The van der Waals surface area contributed by atoms with E-state index in [4.69, 9.17) is 9.47 Å². The van der Waals surface area contributed by atoms with Crippen molar-refractivity contribution in [2.24, 2.45) is 0 Å². The van der Waals surface area contributed by atoms with Crippen molar-refractivity contribution in [3.05, 3.63) is 102 Å². The topological polar surface area (TPSA) is 114 Å². The summed E-state index contributed by atoms with van der Waals surface area (Å²) in [5.74, 6) is 0.587. The highest BCUT2D eigenvalue weighted by Gasteiger charge is 2.25. The highest BCUT2D eigenvalue weighted by Crippen LogP contribution is 2.39. The number of phenols is 1. The first-order chi connectivity index (χ1) is 18.6. The first-order valence-electron chi connectivity index (χ1n) is 12.2. The van der Waals surface area contributed by atoms with E-state index < -0.39 is 21.1 Å². The summed E-state index contributed by atoms with van der Waals surface area (Å²) in [6.07, 6.45) is 0. The van der Waals surface area contributed by atoms with Crippen LogP contribution in [-0.4, -0.2) is 31.9 Å². The number of nitrogens with one attached hydrogen (secondary N) is 2. The van der Waals surface area contributed by atoms with E-state index in [0.717, 1.165) is 11.1 Å². The van der Waals surface area contributed by atoms with Gasteiger partial charge in [-0.25, -0.2) is 8.42 Å². The number of amides is 1. The highest BCUT2D eigenvalue weighted by molar-refractivity contribution is 7.92. The van der Waals surface area contributed by atoms with E-state index in [9.17, 15) is 18.3 Å². The Hall–Kier alpha value is -4.50. The SMILES string of the molecule is COc1ccc(Oc2cc(NC(=O)c3ccc(C)cc3)c(O)cc2NC(C)S(=O)(=O)c2ccc(C)cc2)cc1. The molecular weight excluding hydrogens is 516 g/mol. The Bertz CT molecular complexity index is 1570. The molecule has 9 heteroatoms. The molecule has 1 atom stereocenters. The third kappa shape index (κ3) is 6.50. The van der Waals surface area contributed by atoms with Gasteiger partial charge in [0.15, 0.2) is 15.6 Å². The Balaban J connectivity index is 1.67. The van der Waals surface area contributed by atoms with Crippen LogP contribution in [-0.2, 0) is 9.84 Å². The lowest BCUT2D eigenvalue weighted by atomic mass is 10.1. The lowest BCUT2D eigenvalue weighted by Crippen LogP contribution is -2.26. The molecule has 0 bridgehead atoms. The zero-order valence-electron chi connectivity index (χ0n) is 22.1. The van der Waals surface area contributed by atoms with Gasteiger partial charge >= 0.3 is 0 Å². The van der Waals surface area contributed by atoms with Crippen molar-refractivity contribution < 1.29 is 27.8 Å². The maximum Gasteiger partial charge on any atom is 0.255 e. The van der Waals surface area contributed by atoms with E-state index in [1.165, 1.54) is 19.1 Å². The molecule has 8 nitrogen and oxygen atoms in total. The molecule has 202 valence electrons. The van der Waals surface area contributed by atoms with Crippen molar-refractivity contribution in [2.75, 3.05) is 17.7 Å². The standard InChI is InChI=1S/C30H30N2O6S/c1-19-5-9-22(10-6-19)30(34)32-26-18-29(38-24-13-11-23(37-4)12-14-24)27(17-28(26)33)31-21(3)39(35,36)25-15-7-20(2)8-16-25/h5-18,21,31,33H,1-4H3,(H,32,34). The van der Waals surface area contributed by atoms with Gasteiger partial charge in [-0.05, 0) is 69.3 Å². The molecule has 0 radical (unpaired) electrons. The van der Waals surface area contributed by atoms with Crippen molar-refractivity contribution >= 4 is 27.1 Å². The minimum absolute atomic E-state index is 0.101. The molecule has 4 rings (SSSR count). The van der Waals surface area contributed by atoms with Crippen LogP contribution in [0.5, 0.6) is 23.0 Å². The van der Waals surface area contributed by atoms with E-state index in [1.54, 1.807) is 67.8 Å².